The van der Waals surface area contributed by atoms with Gasteiger partial charge in [-0.2, -0.15) is 0 Å². The van der Waals surface area contributed by atoms with Gasteiger partial charge in [-0.1, -0.05) is 6.42 Å². The number of piperidine rings is 1. The van der Waals surface area contributed by atoms with Crippen molar-refractivity contribution >= 4 is 5.91 Å². The predicted molar refractivity (Wildman–Crippen MR) is 78.2 cm³/mol. The lowest BCUT2D eigenvalue weighted by Crippen LogP contribution is -2.48. The lowest BCUT2D eigenvalue weighted by atomic mass is 10.0. The number of nitrogens with one attached hydrogen (secondary N) is 1. The lowest BCUT2D eigenvalue weighted by molar-refractivity contribution is -0.133. The molecule has 1 N–H and O–H groups in total. The van der Waals surface area contributed by atoms with Crippen LogP contribution in [-0.2, 0) is 9.53 Å². The van der Waals surface area contributed by atoms with Gasteiger partial charge in [0.15, 0.2) is 0 Å². The predicted octanol–water partition coefficient (Wildman–Crippen LogP) is 2.18. The van der Waals surface area contributed by atoms with Gasteiger partial charge in [-0.05, 0) is 46.6 Å². The molecule has 1 rings (SSSR count). The van der Waals surface area contributed by atoms with Crippen molar-refractivity contribution in [1.29, 1.82) is 0 Å². The minimum absolute atomic E-state index is 0.266. The Hall–Kier alpha value is -0.610. The molecule has 1 aliphatic heterocycles. The number of nitrogens with zero attached hydrogens (tertiary/aromatic N) is 1. The first kappa shape index (κ1) is 16.4. The molecule has 1 heterocycles. The summed E-state index contributed by atoms with van der Waals surface area (Å²) in [6, 6.07) is 0.760. The van der Waals surface area contributed by atoms with Crippen LogP contribution in [0.25, 0.3) is 0 Å². The molecule has 1 atom stereocenters. The molecule has 0 spiro atoms. The Morgan fingerprint density at radius 1 is 1.42 bits per heavy atom. The van der Waals surface area contributed by atoms with Crippen molar-refractivity contribution in [3.8, 4) is 0 Å². The maximum absolute atomic E-state index is 12.3. The van der Waals surface area contributed by atoms with Crippen LogP contribution in [0.5, 0.6) is 0 Å². The van der Waals surface area contributed by atoms with Crippen molar-refractivity contribution in [2.75, 3.05) is 26.3 Å². The van der Waals surface area contributed by atoms with Gasteiger partial charge in [-0.3, -0.25) is 4.79 Å². The zero-order valence-corrected chi connectivity index (χ0v) is 12.8. The quantitative estimate of drug-likeness (QED) is 0.687. The van der Waals surface area contributed by atoms with Crippen LogP contribution in [0.3, 0.4) is 0 Å². The van der Waals surface area contributed by atoms with Crippen molar-refractivity contribution < 1.29 is 9.53 Å². The maximum atomic E-state index is 12.3. The largest absolute Gasteiger partial charge is 0.382 e. The Morgan fingerprint density at radius 3 is 2.79 bits per heavy atom. The SMILES string of the molecule is CCOCCCC(=O)N(CC1CCCCN1)C(C)C. The minimum atomic E-state index is 0.266. The highest BCUT2D eigenvalue weighted by atomic mass is 16.5. The molecule has 19 heavy (non-hydrogen) atoms. The molecule has 1 saturated heterocycles. The number of amides is 1. The van der Waals surface area contributed by atoms with E-state index in [1.54, 1.807) is 0 Å². The van der Waals surface area contributed by atoms with Crippen LogP contribution < -0.4 is 5.32 Å². The van der Waals surface area contributed by atoms with Gasteiger partial charge in [0.1, 0.15) is 0 Å². The second-order valence-electron chi connectivity index (χ2n) is 5.59. The number of carbonyl (C=O) groups is 1. The molecule has 0 saturated carbocycles. The average Bonchev–Trinajstić information content (AvgIpc) is 2.41. The highest BCUT2D eigenvalue weighted by molar-refractivity contribution is 5.76. The molecular formula is C15H30N2O2. The average molecular weight is 270 g/mol. The van der Waals surface area contributed by atoms with Crippen molar-refractivity contribution in [2.45, 2.75) is 65.0 Å². The molecule has 112 valence electrons. The van der Waals surface area contributed by atoms with Crippen LogP contribution in [0.2, 0.25) is 0 Å². The van der Waals surface area contributed by atoms with Crippen molar-refractivity contribution in [1.82, 2.24) is 10.2 Å². The van der Waals surface area contributed by atoms with Gasteiger partial charge in [0.05, 0.1) is 0 Å². The first-order valence-corrected chi connectivity index (χ1v) is 7.75. The smallest absolute Gasteiger partial charge is 0.222 e. The van der Waals surface area contributed by atoms with Crippen LogP contribution in [-0.4, -0.2) is 49.2 Å². The third-order valence-corrected chi connectivity index (χ3v) is 3.66. The third kappa shape index (κ3) is 6.39. The number of rotatable bonds is 8. The van der Waals surface area contributed by atoms with Crippen LogP contribution in [0.4, 0.5) is 0 Å². The Balaban J connectivity index is 2.35. The van der Waals surface area contributed by atoms with Gasteiger partial charge in [0.2, 0.25) is 5.91 Å². The van der Waals surface area contributed by atoms with Gasteiger partial charge >= 0.3 is 0 Å². The fourth-order valence-corrected chi connectivity index (χ4v) is 2.53. The molecule has 4 nitrogen and oxygen atoms in total. The summed E-state index contributed by atoms with van der Waals surface area (Å²) in [5.41, 5.74) is 0. The van der Waals surface area contributed by atoms with E-state index in [4.69, 9.17) is 4.74 Å². The summed E-state index contributed by atoms with van der Waals surface area (Å²) < 4.78 is 5.29. The van der Waals surface area contributed by atoms with E-state index in [9.17, 15) is 4.79 Å². The molecule has 1 amide bonds. The first-order valence-electron chi connectivity index (χ1n) is 7.75. The first-order chi connectivity index (χ1) is 9.15. The molecule has 0 bridgehead atoms. The summed E-state index contributed by atoms with van der Waals surface area (Å²) in [5, 5.41) is 3.52. The molecule has 0 aliphatic carbocycles. The van der Waals surface area contributed by atoms with Crippen molar-refractivity contribution in [2.24, 2.45) is 0 Å². The molecule has 0 aromatic rings. The zero-order chi connectivity index (χ0) is 14.1. The monoisotopic (exact) mass is 270 g/mol. The molecule has 1 aliphatic rings. The summed E-state index contributed by atoms with van der Waals surface area (Å²) in [5.74, 6) is 0.266. The van der Waals surface area contributed by atoms with Crippen LogP contribution in [0, 0.1) is 0 Å². The summed E-state index contributed by atoms with van der Waals surface area (Å²) in [6.07, 6.45) is 5.16. The molecule has 4 heteroatoms. The highest BCUT2D eigenvalue weighted by Gasteiger charge is 2.22. The highest BCUT2D eigenvalue weighted by Crippen LogP contribution is 2.12. The number of carbonyl (C=O) groups excluding carboxylic acids is 1. The number of hydrogen-bond acceptors (Lipinski definition) is 3. The Kier molecular flexibility index (Phi) is 8.07. The second kappa shape index (κ2) is 9.32. The third-order valence-electron chi connectivity index (χ3n) is 3.66. The second-order valence-corrected chi connectivity index (χ2v) is 5.59. The summed E-state index contributed by atoms with van der Waals surface area (Å²) in [4.78, 5) is 14.3. The van der Waals surface area contributed by atoms with E-state index < -0.39 is 0 Å². The Labute approximate surface area is 117 Å². The van der Waals surface area contributed by atoms with Crippen LogP contribution in [0.15, 0.2) is 0 Å². The van der Waals surface area contributed by atoms with Gasteiger partial charge in [0.25, 0.3) is 0 Å². The van der Waals surface area contributed by atoms with Gasteiger partial charge in [-0.15, -0.1) is 0 Å². The topological polar surface area (TPSA) is 41.6 Å². The van der Waals surface area contributed by atoms with Crippen LogP contribution in [0.1, 0.15) is 52.9 Å². The summed E-state index contributed by atoms with van der Waals surface area (Å²) in [7, 11) is 0. The normalized spacial score (nSPS) is 19.7. The molecule has 0 aromatic heterocycles. The van der Waals surface area contributed by atoms with Gasteiger partial charge in [0, 0.05) is 38.3 Å². The van der Waals surface area contributed by atoms with E-state index in [0.717, 1.165) is 26.1 Å². The molecular weight excluding hydrogens is 240 g/mol. The number of ether oxygens (including phenoxy) is 1. The van der Waals surface area contributed by atoms with E-state index in [2.05, 4.69) is 19.2 Å². The van der Waals surface area contributed by atoms with E-state index in [0.29, 0.717) is 19.1 Å². The lowest BCUT2D eigenvalue weighted by Gasteiger charge is -2.33. The molecule has 1 fully saturated rings. The summed E-state index contributed by atoms with van der Waals surface area (Å²) in [6.45, 7) is 9.55. The fourth-order valence-electron chi connectivity index (χ4n) is 2.53. The van der Waals surface area contributed by atoms with Gasteiger partial charge in [-0.25, -0.2) is 0 Å². The van der Waals surface area contributed by atoms with E-state index in [1.165, 1.54) is 19.3 Å². The zero-order valence-electron chi connectivity index (χ0n) is 12.8. The molecule has 0 radical (unpaired) electrons. The standard InChI is InChI=1S/C15H30N2O2/c1-4-19-11-7-9-15(18)17(13(2)3)12-14-8-5-6-10-16-14/h13-14,16H,4-12H2,1-3H3. The maximum Gasteiger partial charge on any atom is 0.222 e. The van der Waals surface area contributed by atoms with Gasteiger partial charge < -0.3 is 15.0 Å². The summed E-state index contributed by atoms with van der Waals surface area (Å²) >= 11 is 0. The molecule has 1 unspecified atom stereocenters. The number of hydrogen-bond donors (Lipinski definition) is 1. The van der Waals surface area contributed by atoms with E-state index in [-0.39, 0.29) is 11.9 Å². The Bertz CT molecular complexity index is 251. The Morgan fingerprint density at radius 2 is 2.21 bits per heavy atom. The minimum Gasteiger partial charge on any atom is -0.382 e. The van der Waals surface area contributed by atoms with Crippen LogP contribution >= 0.6 is 0 Å². The fraction of sp³-hybridized carbons (Fsp3) is 0.933. The van der Waals surface area contributed by atoms with E-state index in [1.807, 2.05) is 11.8 Å². The van der Waals surface area contributed by atoms with Crippen molar-refractivity contribution in [3.63, 3.8) is 0 Å². The van der Waals surface area contributed by atoms with Crippen molar-refractivity contribution in [3.05, 3.63) is 0 Å². The molecule has 0 aromatic carbocycles. The van der Waals surface area contributed by atoms with E-state index >= 15 is 0 Å².